The van der Waals surface area contributed by atoms with Crippen molar-refractivity contribution in [2.45, 2.75) is 32.3 Å². The topological polar surface area (TPSA) is 56.3 Å². The molecule has 5 nitrogen and oxygen atoms in total. The van der Waals surface area contributed by atoms with Gasteiger partial charge in [0.25, 0.3) is 0 Å². The van der Waals surface area contributed by atoms with Gasteiger partial charge in [0, 0.05) is 13.1 Å². The molecule has 1 aromatic heterocycles. The van der Waals surface area contributed by atoms with Crippen LogP contribution in [-0.2, 0) is 16.0 Å². The summed E-state index contributed by atoms with van der Waals surface area (Å²) in [6.45, 7) is 5.92. The summed E-state index contributed by atoms with van der Waals surface area (Å²) >= 11 is 0. The maximum Gasteiger partial charge on any atom is 0.163 e. The molecule has 1 saturated heterocycles. The second-order valence-electron chi connectivity index (χ2n) is 5.43. The van der Waals surface area contributed by atoms with E-state index in [-0.39, 0.29) is 6.10 Å². The number of rotatable bonds is 4. The Hall–Kier alpha value is -1.56. The molecule has 0 bridgehead atoms. The van der Waals surface area contributed by atoms with E-state index >= 15 is 0 Å². The first-order valence-electron chi connectivity index (χ1n) is 6.85. The van der Waals surface area contributed by atoms with Gasteiger partial charge in [0.15, 0.2) is 5.79 Å². The Labute approximate surface area is 118 Å². The Morgan fingerprint density at radius 3 is 2.85 bits per heavy atom. The molecule has 1 aliphatic heterocycles. The van der Waals surface area contributed by atoms with E-state index in [0.717, 1.165) is 23.3 Å². The van der Waals surface area contributed by atoms with Gasteiger partial charge in [-0.05, 0) is 26.0 Å². The van der Waals surface area contributed by atoms with E-state index in [1.165, 1.54) is 0 Å². The summed E-state index contributed by atoms with van der Waals surface area (Å²) in [6, 6.07) is 7.88. The van der Waals surface area contributed by atoms with Crippen molar-refractivity contribution in [2.24, 2.45) is 0 Å². The summed E-state index contributed by atoms with van der Waals surface area (Å²) < 4.78 is 11.3. The smallest absolute Gasteiger partial charge is 0.163 e. The van der Waals surface area contributed by atoms with Gasteiger partial charge in [0.2, 0.25) is 0 Å². The molecule has 2 heterocycles. The molecule has 1 aromatic carbocycles. The molecule has 1 N–H and O–H groups in total. The van der Waals surface area contributed by atoms with Gasteiger partial charge >= 0.3 is 0 Å². The van der Waals surface area contributed by atoms with Crippen molar-refractivity contribution in [3.63, 3.8) is 0 Å². The van der Waals surface area contributed by atoms with E-state index in [2.05, 4.69) is 15.3 Å². The van der Waals surface area contributed by atoms with Crippen molar-refractivity contribution in [2.75, 3.05) is 13.2 Å². The van der Waals surface area contributed by atoms with Crippen LogP contribution in [0.5, 0.6) is 0 Å². The van der Waals surface area contributed by atoms with Gasteiger partial charge < -0.3 is 14.8 Å². The van der Waals surface area contributed by atoms with Crippen LogP contribution in [0.4, 0.5) is 0 Å². The minimum atomic E-state index is -0.463. The lowest BCUT2D eigenvalue weighted by molar-refractivity contribution is -0.137. The third-order valence-electron chi connectivity index (χ3n) is 3.24. The third-order valence-corrected chi connectivity index (χ3v) is 3.24. The SMILES string of the molecule is CC1(C)OCC(CNCc2cnc3ccccc3n2)O1. The molecule has 2 aromatic rings. The van der Waals surface area contributed by atoms with E-state index in [9.17, 15) is 0 Å². The molecule has 3 rings (SSSR count). The molecule has 1 unspecified atom stereocenters. The van der Waals surface area contributed by atoms with Crippen molar-refractivity contribution in [1.82, 2.24) is 15.3 Å². The molecule has 5 heteroatoms. The van der Waals surface area contributed by atoms with Crippen molar-refractivity contribution < 1.29 is 9.47 Å². The molecule has 0 spiro atoms. The highest BCUT2D eigenvalue weighted by atomic mass is 16.7. The average Bonchev–Trinajstić information content (AvgIpc) is 2.78. The summed E-state index contributed by atoms with van der Waals surface area (Å²) in [5.41, 5.74) is 2.78. The number of nitrogens with one attached hydrogen (secondary N) is 1. The normalized spacial score (nSPS) is 21.4. The van der Waals surface area contributed by atoms with E-state index in [1.54, 1.807) is 0 Å². The first-order valence-corrected chi connectivity index (χ1v) is 6.85. The number of benzene rings is 1. The van der Waals surface area contributed by atoms with Gasteiger partial charge in [-0.3, -0.25) is 4.98 Å². The van der Waals surface area contributed by atoms with Gasteiger partial charge in [-0.2, -0.15) is 0 Å². The van der Waals surface area contributed by atoms with Crippen LogP contribution in [-0.4, -0.2) is 35.0 Å². The molecular weight excluding hydrogens is 254 g/mol. The van der Waals surface area contributed by atoms with Crippen molar-refractivity contribution in [3.05, 3.63) is 36.2 Å². The maximum absolute atomic E-state index is 5.74. The lowest BCUT2D eigenvalue weighted by atomic mass is 10.3. The van der Waals surface area contributed by atoms with Crippen LogP contribution in [0.15, 0.2) is 30.5 Å². The molecule has 106 valence electrons. The van der Waals surface area contributed by atoms with Crippen LogP contribution in [0.2, 0.25) is 0 Å². The van der Waals surface area contributed by atoms with Crippen LogP contribution in [0.25, 0.3) is 11.0 Å². The van der Waals surface area contributed by atoms with E-state index < -0.39 is 5.79 Å². The fourth-order valence-corrected chi connectivity index (χ4v) is 2.31. The fourth-order valence-electron chi connectivity index (χ4n) is 2.31. The molecule has 0 radical (unpaired) electrons. The third kappa shape index (κ3) is 3.12. The molecule has 0 aliphatic carbocycles. The highest BCUT2D eigenvalue weighted by Crippen LogP contribution is 2.21. The van der Waals surface area contributed by atoms with Crippen LogP contribution in [0, 0.1) is 0 Å². The number of ether oxygens (including phenoxy) is 2. The molecule has 0 amide bonds. The van der Waals surface area contributed by atoms with E-state index in [4.69, 9.17) is 9.47 Å². The lowest BCUT2D eigenvalue weighted by Gasteiger charge is -2.17. The second kappa shape index (κ2) is 5.44. The lowest BCUT2D eigenvalue weighted by Crippen LogP contribution is -2.30. The summed E-state index contributed by atoms with van der Waals surface area (Å²) in [6.07, 6.45) is 1.91. The summed E-state index contributed by atoms with van der Waals surface area (Å²) in [5, 5.41) is 3.34. The van der Waals surface area contributed by atoms with Crippen LogP contribution >= 0.6 is 0 Å². The molecule has 1 fully saturated rings. The monoisotopic (exact) mass is 273 g/mol. The Morgan fingerprint density at radius 1 is 1.30 bits per heavy atom. The maximum atomic E-state index is 5.74. The molecule has 1 aliphatic rings. The average molecular weight is 273 g/mol. The Morgan fingerprint density at radius 2 is 2.10 bits per heavy atom. The number of hydrogen-bond donors (Lipinski definition) is 1. The minimum absolute atomic E-state index is 0.0958. The Balaban J connectivity index is 1.55. The zero-order valence-corrected chi connectivity index (χ0v) is 11.8. The van der Waals surface area contributed by atoms with E-state index in [1.807, 2.05) is 44.3 Å². The standard InChI is InChI=1S/C15H19N3O2/c1-15(2)19-10-12(20-15)9-16-7-11-8-17-13-5-3-4-6-14(13)18-11/h3-6,8,12,16H,7,9-10H2,1-2H3. The molecule has 1 atom stereocenters. The zero-order chi connectivity index (χ0) is 14.0. The zero-order valence-electron chi connectivity index (χ0n) is 11.8. The number of fused-ring (bicyclic) bond motifs is 1. The van der Waals surface area contributed by atoms with Crippen molar-refractivity contribution in [1.29, 1.82) is 0 Å². The van der Waals surface area contributed by atoms with Gasteiger partial charge in [-0.1, -0.05) is 12.1 Å². The highest BCUT2D eigenvalue weighted by molar-refractivity contribution is 5.73. The van der Waals surface area contributed by atoms with Crippen LogP contribution in [0.3, 0.4) is 0 Å². The van der Waals surface area contributed by atoms with Crippen LogP contribution in [0.1, 0.15) is 19.5 Å². The minimum Gasteiger partial charge on any atom is -0.348 e. The Bertz CT molecular complexity index is 600. The predicted molar refractivity (Wildman–Crippen MR) is 76.1 cm³/mol. The summed E-state index contributed by atoms with van der Waals surface area (Å²) in [4.78, 5) is 8.97. The molecule has 0 saturated carbocycles. The first kappa shape index (κ1) is 13.4. The number of nitrogens with zero attached hydrogens (tertiary/aromatic N) is 2. The van der Waals surface area contributed by atoms with Crippen molar-refractivity contribution in [3.8, 4) is 0 Å². The highest BCUT2D eigenvalue weighted by Gasteiger charge is 2.32. The van der Waals surface area contributed by atoms with Gasteiger partial charge in [0.1, 0.15) is 0 Å². The van der Waals surface area contributed by atoms with Gasteiger partial charge in [-0.15, -0.1) is 0 Å². The Kier molecular flexibility index (Phi) is 3.65. The number of para-hydroxylation sites is 2. The van der Waals surface area contributed by atoms with Gasteiger partial charge in [0.05, 0.1) is 35.6 Å². The summed E-state index contributed by atoms with van der Waals surface area (Å²) in [5.74, 6) is -0.463. The first-order chi connectivity index (χ1) is 9.62. The molecule has 20 heavy (non-hydrogen) atoms. The summed E-state index contributed by atoms with van der Waals surface area (Å²) in [7, 11) is 0. The second-order valence-corrected chi connectivity index (χ2v) is 5.43. The predicted octanol–water partition coefficient (Wildman–Crippen LogP) is 1.87. The quantitative estimate of drug-likeness (QED) is 0.921. The van der Waals surface area contributed by atoms with Gasteiger partial charge in [-0.25, -0.2) is 4.98 Å². The van der Waals surface area contributed by atoms with E-state index in [0.29, 0.717) is 13.2 Å². The van der Waals surface area contributed by atoms with Crippen LogP contribution < -0.4 is 5.32 Å². The largest absolute Gasteiger partial charge is 0.348 e. The number of hydrogen-bond acceptors (Lipinski definition) is 5. The fraction of sp³-hybridized carbons (Fsp3) is 0.467. The number of aromatic nitrogens is 2. The molecular formula is C15H19N3O2. The van der Waals surface area contributed by atoms with Crippen molar-refractivity contribution >= 4 is 11.0 Å².